The van der Waals surface area contributed by atoms with Gasteiger partial charge in [-0.1, -0.05) is 26.8 Å². The molecule has 0 saturated carbocycles. The van der Waals surface area contributed by atoms with Gasteiger partial charge in [0, 0.05) is 0 Å². The minimum atomic E-state index is 0. The van der Waals surface area contributed by atoms with Gasteiger partial charge in [0.15, 0.2) is 0 Å². The van der Waals surface area contributed by atoms with Crippen LogP contribution in [0.4, 0.5) is 0 Å². The molecule has 2 heteroatoms. The molecule has 0 atom stereocenters. The van der Waals surface area contributed by atoms with Gasteiger partial charge in [0.05, 0.1) is 6.29 Å². The summed E-state index contributed by atoms with van der Waals surface area (Å²) < 4.78 is 0. The van der Waals surface area contributed by atoms with Gasteiger partial charge in [0.2, 0.25) is 0 Å². The molecule has 0 aromatic heterocycles. The van der Waals surface area contributed by atoms with E-state index in [1.54, 1.807) is 0 Å². The molecule has 58 valence electrons. The predicted molar refractivity (Wildman–Crippen MR) is 45.4 cm³/mol. The molecule has 0 amide bonds. The number of carbonyl (C=O) groups excluding carboxylic acids is 1. The van der Waals surface area contributed by atoms with Gasteiger partial charge >= 0.3 is 32.7 Å². The van der Waals surface area contributed by atoms with Gasteiger partial charge in [-0.2, -0.15) is 0 Å². The van der Waals surface area contributed by atoms with E-state index in [-0.39, 0.29) is 32.7 Å². The van der Waals surface area contributed by atoms with E-state index >= 15 is 0 Å². The largest absolute Gasteiger partial charge is 3.00 e. The maximum Gasteiger partial charge on any atom is 3.00 e. The SMILES string of the molecule is Cc1ccc(C)c([C-]=O)c1C.[Y+3]. The number of benzene rings is 1. The summed E-state index contributed by atoms with van der Waals surface area (Å²) in [5, 5.41) is 0. The molecule has 0 aliphatic carbocycles. The first-order chi connectivity index (χ1) is 5.16. The zero-order valence-corrected chi connectivity index (χ0v) is 10.5. The third-order valence-corrected chi connectivity index (χ3v) is 2.05. The fourth-order valence-corrected chi connectivity index (χ4v) is 1.11. The Bertz CT molecular complexity index is 292. The van der Waals surface area contributed by atoms with E-state index in [1.165, 1.54) is 0 Å². The van der Waals surface area contributed by atoms with Crippen LogP contribution in [0.1, 0.15) is 22.3 Å². The molecule has 0 spiro atoms. The molecule has 0 aliphatic heterocycles. The molecule has 0 heterocycles. The van der Waals surface area contributed by atoms with E-state index in [2.05, 4.69) is 0 Å². The van der Waals surface area contributed by atoms with Crippen molar-refractivity contribution >= 4 is 6.29 Å². The van der Waals surface area contributed by atoms with E-state index < -0.39 is 0 Å². The molecule has 0 aliphatic rings. The first kappa shape index (κ1) is 12.0. The summed E-state index contributed by atoms with van der Waals surface area (Å²) in [6, 6.07) is 3.97. The van der Waals surface area contributed by atoms with Gasteiger partial charge in [0.25, 0.3) is 0 Å². The van der Waals surface area contributed by atoms with Crippen LogP contribution in [0.2, 0.25) is 0 Å². The minimum Gasteiger partial charge on any atom is -0.376 e. The van der Waals surface area contributed by atoms with Crippen LogP contribution >= 0.6 is 0 Å². The third-order valence-electron chi connectivity index (χ3n) is 2.05. The van der Waals surface area contributed by atoms with Crippen molar-refractivity contribution in [2.75, 3.05) is 0 Å². The fraction of sp³-hybridized carbons (Fsp3) is 0.300. The quantitative estimate of drug-likeness (QED) is 0.682. The van der Waals surface area contributed by atoms with Crippen molar-refractivity contribution < 1.29 is 37.5 Å². The first-order valence-electron chi connectivity index (χ1n) is 3.61. The summed E-state index contributed by atoms with van der Waals surface area (Å²) in [5.74, 6) is 0. The molecule has 0 fully saturated rings. The summed E-state index contributed by atoms with van der Waals surface area (Å²) in [5.41, 5.74) is 3.90. The molecule has 0 bridgehead atoms. The van der Waals surface area contributed by atoms with Gasteiger partial charge in [-0.15, -0.1) is 28.3 Å². The first-order valence-corrected chi connectivity index (χ1v) is 3.61. The van der Waals surface area contributed by atoms with Crippen molar-refractivity contribution in [1.29, 1.82) is 0 Å². The van der Waals surface area contributed by atoms with Crippen LogP contribution < -0.4 is 0 Å². The molecule has 0 unspecified atom stereocenters. The van der Waals surface area contributed by atoms with Gasteiger partial charge < -0.3 is 4.79 Å². The van der Waals surface area contributed by atoms with E-state index in [0.29, 0.717) is 5.56 Å². The van der Waals surface area contributed by atoms with Gasteiger partial charge in [-0.25, -0.2) is 0 Å². The van der Waals surface area contributed by atoms with E-state index in [1.807, 2.05) is 39.2 Å². The Kier molecular flexibility index (Phi) is 4.88. The van der Waals surface area contributed by atoms with Crippen molar-refractivity contribution in [3.63, 3.8) is 0 Å². The average Bonchev–Trinajstić information content (AvgIpc) is 1.99. The molecule has 0 saturated heterocycles. The van der Waals surface area contributed by atoms with Crippen molar-refractivity contribution in [3.8, 4) is 0 Å². The Labute approximate surface area is 98.4 Å². The molecule has 1 aromatic carbocycles. The second-order valence-electron chi connectivity index (χ2n) is 2.80. The topological polar surface area (TPSA) is 17.1 Å². The van der Waals surface area contributed by atoms with Crippen LogP contribution in [0.5, 0.6) is 0 Å². The fourth-order valence-electron chi connectivity index (χ4n) is 1.11. The van der Waals surface area contributed by atoms with Crippen molar-refractivity contribution in [1.82, 2.24) is 0 Å². The van der Waals surface area contributed by atoms with Gasteiger partial charge in [0.1, 0.15) is 0 Å². The molecule has 0 radical (unpaired) electrons. The Morgan fingerprint density at radius 3 is 2.00 bits per heavy atom. The van der Waals surface area contributed by atoms with Crippen LogP contribution in [0.3, 0.4) is 0 Å². The number of rotatable bonds is 1. The van der Waals surface area contributed by atoms with E-state index in [9.17, 15) is 4.79 Å². The number of hydrogen-bond donors (Lipinski definition) is 0. The summed E-state index contributed by atoms with van der Waals surface area (Å²) in [7, 11) is 0. The summed E-state index contributed by atoms with van der Waals surface area (Å²) >= 11 is 0. The molecule has 1 aromatic rings. The Balaban J connectivity index is 0.00000121. The smallest absolute Gasteiger partial charge is 0.376 e. The van der Waals surface area contributed by atoms with Crippen LogP contribution in [0.25, 0.3) is 0 Å². The maximum atomic E-state index is 10.5. The monoisotopic (exact) mass is 236 g/mol. The van der Waals surface area contributed by atoms with Crippen LogP contribution in [0.15, 0.2) is 12.1 Å². The van der Waals surface area contributed by atoms with Crippen LogP contribution in [-0.4, -0.2) is 6.29 Å². The molecule has 1 rings (SSSR count). The average molecular weight is 236 g/mol. The van der Waals surface area contributed by atoms with Crippen molar-refractivity contribution in [2.45, 2.75) is 20.8 Å². The van der Waals surface area contributed by atoms with E-state index in [4.69, 9.17) is 0 Å². The second kappa shape index (κ2) is 4.88. The maximum absolute atomic E-state index is 10.5. The Morgan fingerprint density at radius 2 is 1.58 bits per heavy atom. The zero-order chi connectivity index (χ0) is 8.43. The summed E-state index contributed by atoms with van der Waals surface area (Å²) in [6.07, 6.45) is 1.95. The Hall–Kier alpha value is -0.00610. The number of aryl methyl sites for hydroxylation is 2. The van der Waals surface area contributed by atoms with Crippen LogP contribution in [0, 0.1) is 20.8 Å². The van der Waals surface area contributed by atoms with Crippen molar-refractivity contribution in [2.24, 2.45) is 0 Å². The molecule has 12 heavy (non-hydrogen) atoms. The zero-order valence-electron chi connectivity index (χ0n) is 7.64. The molecule has 0 N–H and O–H groups in total. The van der Waals surface area contributed by atoms with Gasteiger partial charge in [-0.05, 0) is 0 Å². The Morgan fingerprint density at radius 1 is 1.08 bits per heavy atom. The van der Waals surface area contributed by atoms with E-state index in [0.717, 1.165) is 16.7 Å². The molecular weight excluding hydrogens is 225 g/mol. The number of hydrogen-bond acceptors (Lipinski definition) is 1. The second-order valence-corrected chi connectivity index (χ2v) is 2.80. The van der Waals surface area contributed by atoms with Gasteiger partial charge in [-0.3, -0.25) is 0 Å². The normalized spacial score (nSPS) is 8.92. The summed E-state index contributed by atoms with van der Waals surface area (Å²) in [4.78, 5) is 10.5. The van der Waals surface area contributed by atoms with Crippen LogP contribution in [-0.2, 0) is 37.5 Å². The van der Waals surface area contributed by atoms with Crippen molar-refractivity contribution in [3.05, 3.63) is 34.4 Å². The predicted octanol–water partition coefficient (Wildman–Crippen LogP) is 2.07. The third kappa shape index (κ3) is 2.24. The molecule has 1 nitrogen and oxygen atoms in total. The molecular formula is C10H11OY+2. The standard InChI is InChI=1S/C10H11O.Y/c1-7-4-5-8(2)10(6-11)9(7)3;/h4-5H,1-3H3;/q-1;+3. The summed E-state index contributed by atoms with van der Waals surface area (Å²) in [6.45, 7) is 5.87. The minimum absolute atomic E-state index is 0.